The van der Waals surface area contributed by atoms with E-state index in [1.54, 1.807) is 0 Å². The number of amides is 1. The number of ether oxygens (including phenoxy) is 1. The van der Waals surface area contributed by atoms with Crippen LogP contribution in [0, 0.1) is 5.41 Å². The van der Waals surface area contributed by atoms with Gasteiger partial charge in [0.1, 0.15) is 5.60 Å². The first-order valence-corrected chi connectivity index (χ1v) is 9.60. The third kappa shape index (κ3) is 5.21. The van der Waals surface area contributed by atoms with Gasteiger partial charge in [0.2, 0.25) is 0 Å². The molecule has 2 N–H and O–H groups in total. The van der Waals surface area contributed by atoms with E-state index < -0.39 is 5.60 Å². The average Bonchev–Trinajstić information content (AvgIpc) is 2.52. The molecule has 0 aliphatic heterocycles. The minimum Gasteiger partial charge on any atom is -0.444 e. The van der Waals surface area contributed by atoms with Crippen molar-refractivity contribution in [3.8, 4) is 0 Å². The van der Waals surface area contributed by atoms with Gasteiger partial charge in [-0.15, -0.1) is 0 Å². The van der Waals surface area contributed by atoms with Crippen LogP contribution >= 0.6 is 0 Å². The van der Waals surface area contributed by atoms with Crippen LogP contribution in [0.25, 0.3) is 0 Å². The first-order chi connectivity index (χ1) is 11.8. The maximum Gasteiger partial charge on any atom is 0.407 e. The zero-order chi connectivity index (χ0) is 17.9. The monoisotopic (exact) mass is 344 g/mol. The number of carbonyl (C=O) groups excluding carboxylic acids is 1. The van der Waals surface area contributed by atoms with Crippen molar-refractivity contribution in [2.24, 2.45) is 5.41 Å². The van der Waals surface area contributed by atoms with E-state index in [-0.39, 0.29) is 6.09 Å². The Morgan fingerprint density at radius 2 is 1.76 bits per heavy atom. The standard InChI is InChI=1S/C21H32N2O2/c1-20(2,3)25-19(24)23-18-13-21(14-18)11-9-17(10-12-21)22-15-16-7-5-4-6-8-16/h4-8,17-18,22H,9-15H2,1-3H3,(H,23,24). The molecule has 0 radical (unpaired) electrons. The Balaban J connectivity index is 1.35. The Kier molecular flexibility index (Phi) is 5.38. The van der Waals surface area contributed by atoms with Crippen molar-refractivity contribution >= 4 is 6.09 Å². The summed E-state index contributed by atoms with van der Waals surface area (Å²) >= 11 is 0. The Bertz CT molecular complexity index is 563. The van der Waals surface area contributed by atoms with E-state index in [0.29, 0.717) is 17.5 Å². The summed E-state index contributed by atoms with van der Waals surface area (Å²) in [6, 6.07) is 11.5. The Hall–Kier alpha value is -1.55. The molecular formula is C21H32N2O2. The van der Waals surface area contributed by atoms with E-state index in [9.17, 15) is 4.79 Å². The highest BCUT2D eigenvalue weighted by Crippen LogP contribution is 2.51. The van der Waals surface area contributed by atoms with E-state index in [1.165, 1.54) is 31.2 Å². The van der Waals surface area contributed by atoms with Gasteiger partial charge in [-0.2, -0.15) is 0 Å². The number of carbonyl (C=O) groups is 1. The summed E-state index contributed by atoms with van der Waals surface area (Å²) in [7, 11) is 0. The topological polar surface area (TPSA) is 50.4 Å². The van der Waals surface area contributed by atoms with E-state index in [0.717, 1.165) is 19.4 Å². The Morgan fingerprint density at radius 3 is 2.36 bits per heavy atom. The molecule has 1 aromatic carbocycles. The summed E-state index contributed by atoms with van der Waals surface area (Å²) in [5, 5.41) is 6.73. The summed E-state index contributed by atoms with van der Waals surface area (Å²) in [6.07, 6.45) is 6.97. The van der Waals surface area contributed by atoms with Gasteiger partial charge in [-0.3, -0.25) is 0 Å². The lowest BCUT2D eigenvalue weighted by atomic mass is 9.58. The van der Waals surface area contributed by atoms with E-state index in [4.69, 9.17) is 4.74 Å². The number of alkyl carbamates (subject to hydrolysis) is 1. The maximum absolute atomic E-state index is 11.9. The van der Waals surface area contributed by atoms with Gasteiger partial charge >= 0.3 is 6.09 Å². The molecule has 2 aliphatic rings. The second kappa shape index (κ2) is 7.36. The van der Waals surface area contributed by atoms with Gasteiger partial charge in [-0.05, 0) is 70.3 Å². The molecule has 0 saturated heterocycles. The molecule has 0 heterocycles. The second-order valence-electron chi connectivity index (χ2n) is 8.89. The first-order valence-electron chi connectivity index (χ1n) is 9.60. The average molecular weight is 344 g/mol. The van der Waals surface area contributed by atoms with Crippen LogP contribution in [0.4, 0.5) is 4.79 Å². The fourth-order valence-corrected chi connectivity index (χ4v) is 4.26. The molecule has 2 saturated carbocycles. The second-order valence-corrected chi connectivity index (χ2v) is 8.89. The lowest BCUT2D eigenvalue weighted by Gasteiger charge is -2.51. The molecule has 1 amide bonds. The van der Waals surface area contributed by atoms with Crippen molar-refractivity contribution in [3.05, 3.63) is 35.9 Å². The summed E-state index contributed by atoms with van der Waals surface area (Å²) in [5.41, 5.74) is 1.39. The van der Waals surface area contributed by atoms with Crippen molar-refractivity contribution < 1.29 is 9.53 Å². The zero-order valence-electron chi connectivity index (χ0n) is 15.8. The van der Waals surface area contributed by atoms with Crippen molar-refractivity contribution in [3.63, 3.8) is 0 Å². The quantitative estimate of drug-likeness (QED) is 0.851. The van der Waals surface area contributed by atoms with E-state index >= 15 is 0 Å². The van der Waals surface area contributed by atoms with Crippen molar-refractivity contribution in [1.29, 1.82) is 0 Å². The molecule has 138 valence electrons. The highest BCUT2D eigenvalue weighted by atomic mass is 16.6. The van der Waals surface area contributed by atoms with Crippen LogP contribution in [0.3, 0.4) is 0 Å². The first kappa shape index (κ1) is 18.2. The normalized spacial score (nSPS) is 29.1. The van der Waals surface area contributed by atoms with Crippen LogP contribution in [-0.4, -0.2) is 23.8 Å². The van der Waals surface area contributed by atoms with Crippen molar-refractivity contribution in [1.82, 2.24) is 10.6 Å². The number of hydrogen-bond acceptors (Lipinski definition) is 3. The van der Waals surface area contributed by atoms with Gasteiger partial charge in [0.05, 0.1) is 0 Å². The highest BCUT2D eigenvalue weighted by molar-refractivity contribution is 5.68. The molecule has 2 fully saturated rings. The van der Waals surface area contributed by atoms with Crippen molar-refractivity contribution in [2.75, 3.05) is 0 Å². The van der Waals surface area contributed by atoms with Crippen LogP contribution in [0.2, 0.25) is 0 Å². The summed E-state index contributed by atoms with van der Waals surface area (Å²) in [6.45, 7) is 6.66. The molecule has 2 aliphatic carbocycles. The minimum absolute atomic E-state index is 0.273. The SMILES string of the molecule is CC(C)(C)OC(=O)NC1CC2(CCC(NCc3ccccc3)CC2)C1. The predicted molar refractivity (Wildman–Crippen MR) is 100 cm³/mol. The maximum atomic E-state index is 11.9. The molecule has 1 aromatic rings. The smallest absolute Gasteiger partial charge is 0.407 e. The number of nitrogens with one attached hydrogen (secondary N) is 2. The molecule has 0 atom stereocenters. The van der Waals surface area contributed by atoms with Crippen LogP contribution in [0.1, 0.15) is 64.9 Å². The van der Waals surface area contributed by atoms with Crippen LogP contribution in [0.15, 0.2) is 30.3 Å². The molecule has 0 unspecified atom stereocenters. The van der Waals surface area contributed by atoms with Crippen LogP contribution < -0.4 is 10.6 Å². The predicted octanol–water partition coefficient (Wildman–Crippen LogP) is 4.39. The summed E-state index contributed by atoms with van der Waals surface area (Å²) in [4.78, 5) is 11.9. The molecule has 0 aromatic heterocycles. The van der Waals surface area contributed by atoms with Crippen LogP contribution in [-0.2, 0) is 11.3 Å². The van der Waals surface area contributed by atoms with Gasteiger partial charge in [-0.1, -0.05) is 30.3 Å². The summed E-state index contributed by atoms with van der Waals surface area (Å²) < 4.78 is 5.35. The van der Waals surface area contributed by atoms with Gasteiger partial charge in [0.25, 0.3) is 0 Å². The van der Waals surface area contributed by atoms with E-state index in [2.05, 4.69) is 41.0 Å². The van der Waals surface area contributed by atoms with E-state index in [1.807, 2.05) is 20.8 Å². The lowest BCUT2D eigenvalue weighted by Crippen LogP contribution is -2.53. The Labute approximate surface area is 151 Å². The van der Waals surface area contributed by atoms with Gasteiger partial charge in [0.15, 0.2) is 0 Å². The zero-order valence-corrected chi connectivity index (χ0v) is 15.8. The fraction of sp³-hybridized carbons (Fsp3) is 0.667. The van der Waals surface area contributed by atoms with Crippen LogP contribution in [0.5, 0.6) is 0 Å². The molecule has 3 rings (SSSR count). The number of benzene rings is 1. The third-order valence-corrected chi connectivity index (χ3v) is 5.56. The van der Waals surface area contributed by atoms with Crippen molar-refractivity contribution in [2.45, 2.75) is 83.5 Å². The lowest BCUT2D eigenvalue weighted by molar-refractivity contribution is 0.0120. The van der Waals surface area contributed by atoms with Gasteiger partial charge in [0, 0.05) is 18.6 Å². The Morgan fingerprint density at radius 1 is 1.12 bits per heavy atom. The largest absolute Gasteiger partial charge is 0.444 e. The molecule has 1 spiro atoms. The number of hydrogen-bond donors (Lipinski definition) is 2. The highest BCUT2D eigenvalue weighted by Gasteiger charge is 2.46. The molecule has 0 bridgehead atoms. The third-order valence-electron chi connectivity index (χ3n) is 5.56. The molecule has 4 heteroatoms. The molecule has 25 heavy (non-hydrogen) atoms. The summed E-state index contributed by atoms with van der Waals surface area (Å²) in [5.74, 6) is 0. The fourth-order valence-electron chi connectivity index (χ4n) is 4.26. The van der Waals surface area contributed by atoms with Gasteiger partial charge in [-0.25, -0.2) is 4.79 Å². The number of rotatable bonds is 4. The molecular weight excluding hydrogens is 312 g/mol. The molecule has 4 nitrogen and oxygen atoms in total. The van der Waals surface area contributed by atoms with Gasteiger partial charge < -0.3 is 15.4 Å². The minimum atomic E-state index is -0.423.